The molecule has 24 heavy (non-hydrogen) atoms. The highest BCUT2D eigenvalue weighted by Gasteiger charge is 2.31. The van der Waals surface area contributed by atoms with E-state index in [9.17, 15) is 4.79 Å². The van der Waals surface area contributed by atoms with Crippen molar-refractivity contribution < 1.29 is 4.79 Å². The van der Waals surface area contributed by atoms with Crippen LogP contribution in [0.25, 0.3) is 0 Å². The number of carbonyl (C=O) groups excluding carboxylic acids is 1. The standard InChI is InChI=1S/C19H24N4O/c24-19(22-10-6-17-12-20-13-18(17)7-11-22)16-4-2-15(3-5-16)14-23-9-1-8-21-23/h1-5,8-9,17-18,20H,6-7,10-14H2/t17-,18+. The number of hydrogen-bond donors (Lipinski definition) is 1. The highest BCUT2D eigenvalue weighted by Crippen LogP contribution is 2.27. The second kappa shape index (κ2) is 6.77. The molecule has 0 aliphatic carbocycles. The molecule has 0 spiro atoms. The number of benzene rings is 1. The van der Waals surface area contributed by atoms with Gasteiger partial charge in [-0.3, -0.25) is 9.48 Å². The molecule has 2 aromatic rings. The van der Waals surface area contributed by atoms with Crippen LogP contribution in [-0.2, 0) is 6.54 Å². The summed E-state index contributed by atoms with van der Waals surface area (Å²) in [7, 11) is 0. The van der Waals surface area contributed by atoms with Gasteiger partial charge >= 0.3 is 0 Å². The maximum Gasteiger partial charge on any atom is 0.253 e. The molecule has 1 N–H and O–H groups in total. The SMILES string of the molecule is O=C(c1ccc(Cn2cccn2)cc1)N1CC[C@@H]2CNC[C@@H]2CC1. The van der Waals surface area contributed by atoms with E-state index >= 15 is 0 Å². The number of hydrogen-bond acceptors (Lipinski definition) is 3. The predicted octanol–water partition coefficient (Wildman–Crippen LogP) is 2.00. The van der Waals surface area contributed by atoms with Gasteiger partial charge in [0.15, 0.2) is 0 Å². The fourth-order valence-corrected chi connectivity index (χ4v) is 3.94. The Morgan fingerprint density at radius 3 is 2.46 bits per heavy atom. The lowest BCUT2D eigenvalue weighted by Gasteiger charge is -2.21. The van der Waals surface area contributed by atoms with Gasteiger partial charge in [0.1, 0.15) is 0 Å². The summed E-state index contributed by atoms with van der Waals surface area (Å²) in [5.74, 6) is 1.67. The van der Waals surface area contributed by atoms with Crippen molar-refractivity contribution >= 4 is 5.91 Å². The number of amides is 1. The quantitative estimate of drug-likeness (QED) is 0.939. The van der Waals surface area contributed by atoms with E-state index < -0.39 is 0 Å². The molecule has 1 aromatic carbocycles. The van der Waals surface area contributed by atoms with Crippen molar-refractivity contribution in [1.29, 1.82) is 0 Å². The third-order valence-corrected chi connectivity index (χ3v) is 5.41. The number of carbonyl (C=O) groups is 1. The van der Waals surface area contributed by atoms with Gasteiger partial charge in [-0.2, -0.15) is 5.10 Å². The Morgan fingerprint density at radius 2 is 1.83 bits per heavy atom. The Morgan fingerprint density at radius 1 is 1.12 bits per heavy atom. The van der Waals surface area contributed by atoms with Crippen LogP contribution < -0.4 is 5.32 Å². The van der Waals surface area contributed by atoms with Gasteiger partial charge in [-0.05, 0) is 61.5 Å². The fourth-order valence-electron chi connectivity index (χ4n) is 3.94. The molecule has 4 rings (SSSR count). The van der Waals surface area contributed by atoms with Crippen LogP contribution in [0.3, 0.4) is 0 Å². The zero-order valence-corrected chi connectivity index (χ0v) is 13.9. The van der Waals surface area contributed by atoms with Crippen molar-refractivity contribution in [2.45, 2.75) is 19.4 Å². The summed E-state index contributed by atoms with van der Waals surface area (Å²) in [6.07, 6.45) is 5.98. The van der Waals surface area contributed by atoms with Gasteiger partial charge < -0.3 is 10.2 Å². The van der Waals surface area contributed by atoms with Gasteiger partial charge in [0.05, 0.1) is 6.54 Å². The predicted molar refractivity (Wildman–Crippen MR) is 92.8 cm³/mol. The normalized spacial score (nSPS) is 23.8. The minimum Gasteiger partial charge on any atom is -0.339 e. The summed E-state index contributed by atoms with van der Waals surface area (Å²) in [6, 6.07) is 9.89. The number of likely N-dealkylation sites (tertiary alicyclic amines) is 1. The number of nitrogens with zero attached hydrogens (tertiary/aromatic N) is 3. The number of fused-ring (bicyclic) bond motifs is 1. The van der Waals surface area contributed by atoms with Gasteiger partial charge in [0, 0.05) is 31.0 Å². The molecule has 1 amide bonds. The van der Waals surface area contributed by atoms with Crippen LogP contribution in [0, 0.1) is 11.8 Å². The molecule has 5 nitrogen and oxygen atoms in total. The number of rotatable bonds is 3. The summed E-state index contributed by atoms with van der Waals surface area (Å²) in [6.45, 7) is 4.75. The topological polar surface area (TPSA) is 50.2 Å². The molecule has 2 aliphatic heterocycles. The van der Waals surface area contributed by atoms with E-state index in [1.54, 1.807) is 6.20 Å². The average molecular weight is 324 g/mol. The first-order valence-electron chi connectivity index (χ1n) is 8.86. The van der Waals surface area contributed by atoms with Gasteiger partial charge in [0.2, 0.25) is 0 Å². The third kappa shape index (κ3) is 3.22. The fraction of sp³-hybridized carbons (Fsp3) is 0.474. The first-order chi connectivity index (χ1) is 11.8. The zero-order chi connectivity index (χ0) is 16.4. The van der Waals surface area contributed by atoms with E-state index in [1.807, 2.05) is 46.1 Å². The molecule has 2 atom stereocenters. The van der Waals surface area contributed by atoms with Crippen LogP contribution in [-0.4, -0.2) is 46.8 Å². The van der Waals surface area contributed by atoms with E-state index in [0.717, 1.165) is 68.5 Å². The van der Waals surface area contributed by atoms with Crippen molar-refractivity contribution in [3.63, 3.8) is 0 Å². The monoisotopic (exact) mass is 324 g/mol. The molecule has 0 unspecified atom stereocenters. The second-order valence-corrected chi connectivity index (χ2v) is 6.95. The van der Waals surface area contributed by atoms with Gasteiger partial charge in [0.25, 0.3) is 5.91 Å². The highest BCUT2D eigenvalue weighted by atomic mass is 16.2. The summed E-state index contributed by atoms with van der Waals surface area (Å²) in [5, 5.41) is 7.70. The molecule has 0 bridgehead atoms. The molecule has 2 fully saturated rings. The first kappa shape index (κ1) is 15.4. The van der Waals surface area contributed by atoms with Crippen LogP contribution in [0.2, 0.25) is 0 Å². The van der Waals surface area contributed by atoms with Crippen molar-refractivity contribution in [1.82, 2.24) is 20.0 Å². The molecule has 3 heterocycles. The Balaban J connectivity index is 1.40. The molecular formula is C19H24N4O. The lowest BCUT2D eigenvalue weighted by atomic mass is 9.92. The van der Waals surface area contributed by atoms with Crippen LogP contribution in [0.15, 0.2) is 42.7 Å². The molecule has 0 saturated carbocycles. The van der Waals surface area contributed by atoms with E-state index in [0.29, 0.717) is 0 Å². The molecule has 1 aromatic heterocycles. The summed E-state index contributed by atoms with van der Waals surface area (Å²) in [5.41, 5.74) is 1.95. The second-order valence-electron chi connectivity index (χ2n) is 6.95. The maximum atomic E-state index is 12.8. The average Bonchev–Trinajstić information content (AvgIpc) is 3.24. The van der Waals surface area contributed by atoms with Gasteiger partial charge in [-0.1, -0.05) is 12.1 Å². The summed E-state index contributed by atoms with van der Waals surface area (Å²) >= 11 is 0. The Labute approximate surface area is 142 Å². The van der Waals surface area contributed by atoms with Crippen LogP contribution >= 0.6 is 0 Å². The molecule has 2 aliphatic rings. The van der Waals surface area contributed by atoms with Gasteiger partial charge in [-0.25, -0.2) is 0 Å². The minimum atomic E-state index is 0.175. The Kier molecular flexibility index (Phi) is 4.34. The lowest BCUT2D eigenvalue weighted by Crippen LogP contribution is -2.32. The summed E-state index contributed by atoms with van der Waals surface area (Å²) < 4.78 is 1.89. The largest absolute Gasteiger partial charge is 0.339 e. The third-order valence-electron chi connectivity index (χ3n) is 5.41. The van der Waals surface area contributed by atoms with E-state index in [2.05, 4.69) is 10.4 Å². The van der Waals surface area contributed by atoms with Crippen LogP contribution in [0.5, 0.6) is 0 Å². The van der Waals surface area contributed by atoms with Crippen molar-refractivity contribution in [3.05, 3.63) is 53.9 Å². The highest BCUT2D eigenvalue weighted by molar-refractivity contribution is 5.94. The number of nitrogens with one attached hydrogen (secondary N) is 1. The molecular weight excluding hydrogens is 300 g/mol. The zero-order valence-electron chi connectivity index (χ0n) is 13.9. The van der Waals surface area contributed by atoms with Crippen LogP contribution in [0.1, 0.15) is 28.8 Å². The van der Waals surface area contributed by atoms with E-state index in [-0.39, 0.29) is 5.91 Å². The molecule has 2 saturated heterocycles. The molecule has 126 valence electrons. The van der Waals surface area contributed by atoms with Gasteiger partial charge in [-0.15, -0.1) is 0 Å². The first-order valence-corrected chi connectivity index (χ1v) is 8.86. The lowest BCUT2D eigenvalue weighted by molar-refractivity contribution is 0.0758. The summed E-state index contributed by atoms with van der Waals surface area (Å²) in [4.78, 5) is 14.8. The Hall–Kier alpha value is -2.14. The Bertz CT molecular complexity index is 666. The van der Waals surface area contributed by atoms with Crippen molar-refractivity contribution in [2.75, 3.05) is 26.2 Å². The minimum absolute atomic E-state index is 0.175. The number of aromatic nitrogens is 2. The van der Waals surface area contributed by atoms with E-state index in [1.165, 1.54) is 0 Å². The van der Waals surface area contributed by atoms with Crippen molar-refractivity contribution in [2.24, 2.45) is 11.8 Å². The molecule has 5 heteroatoms. The maximum absolute atomic E-state index is 12.8. The smallest absolute Gasteiger partial charge is 0.253 e. The van der Waals surface area contributed by atoms with Crippen molar-refractivity contribution in [3.8, 4) is 0 Å². The molecule has 0 radical (unpaired) electrons. The van der Waals surface area contributed by atoms with Crippen LogP contribution in [0.4, 0.5) is 0 Å². The van der Waals surface area contributed by atoms with E-state index in [4.69, 9.17) is 0 Å².